The second kappa shape index (κ2) is 16.7. The van der Waals surface area contributed by atoms with Crippen LogP contribution in [0.5, 0.6) is 0 Å². The molecular formula is C38H48N8O. The first-order valence-electron chi connectivity index (χ1n) is 16.6. The van der Waals surface area contributed by atoms with Crippen LogP contribution in [0.2, 0.25) is 0 Å². The van der Waals surface area contributed by atoms with E-state index in [0.29, 0.717) is 18.5 Å². The summed E-state index contributed by atoms with van der Waals surface area (Å²) in [5.41, 5.74) is 13.2. The van der Waals surface area contributed by atoms with E-state index < -0.39 is 0 Å². The fraction of sp³-hybridized carbons (Fsp3) is 0.368. The molecule has 5 aliphatic rings. The Morgan fingerprint density at radius 2 is 1.81 bits per heavy atom. The third-order valence-corrected chi connectivity index (χ3v) is 9.29. The van der Waals surface area contributed by atoms with Gasteiger partial charge in [-0.2, -0.15) is 0 Å². The summed E-state index contributed by atoms with van der Waals surface area (Å²) in [5, 5.41) is 9.47. The number of benzene rings is 1. The molecule has 4 heterocycles. The highest BCUT2D eigenvalue weighted by molar-refractivity contribution is 5.76. The highest BCUT2D eigenvalue weighted by Gasteiger charge is 2.43. The van der Waals surface area contributed by atoms with E-state index in [0.717, 1.165) is 72.8 Å². The van der Waals surface area contributed by atoms with E-state index in [1.54, 1.807) is 18.5 Å². The standard InChI is InChI=1S/C22H27N5.C9H12N2O.C7H9N/c1-17(14-25-11-2-3-12-25)26-15-21-13-20(26)16-27(21)19-7-5-18(6-8-19)22-23-9-4-10-24-22;1-7-2-3-8(11-6-12)4-5-9(7)10;8-6-7-4-2-1-3-5-7/h4-10,20-21H,1-3,11-16H2;2,4-6H,3,10H2,1H3,(H,11,12);1-2,5-6,8H,3-4H2. The summed E-state index contributed by atoms with van der Waals surface area (Å²) in [6.07, 6.45) is 24.2. The average molecular weight is 633 g/mol. The van der Waals surface area contributed by atoms with Crippen LogP contribution in [0.25, 0.3) is 11.4 Å². The number of hydrogen-bond donors (Lipinski definition) is 3. The third kappa shape index (κ3) is 9.16. The van der Waals surface area contributed by atoms with Crippen molar-refractivity contribution in [2.75, 3.05) is 37.6 Å². The number of fused-ring (bicyclic) bond motifs is 2. The van der Waals surface area contributed by atoms with Gasteiger partial charge in [0.05, 0.1) is 0 Å². The van der Waals surface area contributed by atoms with E-state index in [2.05, 4.69) is 79.1 Å². The van der Waals surface area contributed by atoms with E-state index in [1.807, 2.05) is 25.1 Å². The normalized spacial score (nSPS) is 21.6. The number of amides is 1. The number of nitrogens with one attached hydrogen (secondary N) is 2. The molecule has 9 heteroatoms. The van der Waals surface area contributed by atoms with Crippen molar-refractivity contribution in [3.05, 3.63) is 114 Å². The number of hydrogen-bond acceptors (Lipinski definition) is 8. The minimum atomic E-state index is 0.601. The fourth-order valence-electron chi connectivity index (χ4n) is 6.60. The van der Waals surface area contributed by atoms with Crippen LogP contribution < -0.4 is 16.0 Å². The number of nitrogens with zero attached hydrogens (tertiary/aromatic N) is 5. The number of aromatic nitrogens is 2. The van der Waals surface area contributed by atoms with Crippen molar-refractivity contribution in [2.45, 2.75) is 57.5 Å². The number of nitrogens with two attached hydrogens (primary N) is 1. The molecule has 7 rings (SSSR count). The molecule has 4 N–H and O–H groups in total. The molecule has 0 spiro atoms. The van der Waals surface area contributed by atoms with Gasteiger partial charge >= 0.3 is 0 Å². The second-order valence-corrected chi connectivity index (χ2v) is 12.5. The highest BCUT2D eigenvalue weighted by atomic mass is 16.1. The monoisotopic (exact) mass is 632 g/mol. The lowest BCUT2D eigenvalue weighted by atomic mass is 10.1. The molecule has 2 bridgehead atoms. The molecule has 9 nitrogen and oxygen atoms in total. The largest absolute Gasteiger partial charge is 0.399 e. The smallest absolute Gasteiger partial charge is 0.211 e. The fourth-order valence-corrected chi connectivity index (χ4v) is 6.60. The molecule has 2 aliphatic carbocycles. The van der Waals surface area contributed by atoms with Crippen LogP contribution in [0.1, 0.15) is 45.4 Å². The maximum absolute atomic E-state index is 10.1. The second-order valence-electron chi connectivity index (χ2n) is 12.5. The van der Waals surface area contributed by atoms with Crippen LogP contribution in [0.15, 0.2) is 114 Å². The number of rotatable bonds is 8. The minimum Gasteiger partial charge on any atom is -0.399 e. The van der Waals surface area contributed by atoms with Gasteiger partial charge in [-0.25, -0.2) is 9.97 Å². The molecule has 2 unspecified atom stereocenters. The van der Waals surface area contributed by atoms with Gasteiger partial charge in [0.1, 0.15) is 0 Å². The van der Waals surface area contributed by atoms with Gasteiger partial charge in [-0.3, -0.25) is 9.69 Å². The molecular weight excluding hydrogens is 584 g/mol. The zero-order valence-electron chi connectivity index (χ0n) is 27.5. The summed E-state index contributed by atoms with van der Waals surface area (Å²) in [4.78, 5) is 26.5. The summed E-state index contributed by atoms with van der Waals surface area (Å²) >= 11 is 0. The molecule has 1 aromatic carbocycles. The molecule has 1 aromatic heterocycles. The van der Waals surface area contributed by atoms with Crippen LogP contribution in [0.4, 0.5) is 5.69 Å². The number of carbonyl (C=O) groups excluding carboxylic acids is 1. The summed E-state index contributed by atoms with van der Waals surface area (Å²) in [6, 6.07) is 11.8. The SMILES string of the molecule is C=C(CN1CCCC1)N1CC2CC1CN2c1ccc(-c2ncccn2)cc1.CC1=CCC(NC=O)=CC=C1N.N=CC1=CCC=CC1. The molecule has 3 aliphatic heterocycles. The first-order valence-corrected chi connectivity index (χ1v) is 16.6. The van der Waals surface area contributed by atoms with Gasteiger partial charge in [0.25, 0.3) is 0 Å². The molecule has 0 saturated carbocycles. The Balaban J connectivity index is 0.000000178. The Bertz CT molecular complexity index is 1530. The number of piperazine rings is 1. The third-order valence-electron chi connectivity index (χ3n) is 9.29. The van der Waals surface area contributed by atoms with E-state index in [1.165, 1.54) is 50.0 Å². The molecule has 3 saturated heterocycles. The zero-order chi connectivity index (χ0) is 33.0. The van der Waals surface area contributed by atoms with Crippen molar-refractivity contribution >= 4 is 18.3 Å². The molecule has 246 valence electrons. The zero-order valence-corrected chi connectivity index (χ0v) is 27.5. The minimum absolute atomic E-state index is 0.601. The molecule has 2 atom stereocenters. The number of carbonyl (C=O) groups is 1. The van der Waals surface area contributed by atoms with Crippen molar-refractivity contribution in [1.29, 1.82) is 5.41 Å². The van der Waals surface area contributed by atoms with Crippen LogP contribution in [-0.2, 0) is 4.79 Å². The summed E-state index contributed by atoms with van der Waals surface area (Å²) < 4.78 is 0. The summed E-state index contributed by atoms with van der Waals surface area (Å²) in [6.45, 7) is 12.1. The Labute approximate surface area is 279 Å². The van der Waals surface area contributed by atoms with Gasteiger partial charge < -0.3 is 26.3 Å². The molecule has 3 fully saturated rings. The van der Waals surface area contributed by atoms with Gasteiger partial charge in [-0.15, -0.1) is 0 Å². The number of allylic oxidation sites excluding steroid dienone is 8. The maximum Gasteiger partial charge on any atom is 0.211 e. The van der Waals surface area contributed by atoms with Crippen LogP contribution in [0.3, 0.4) is 0 Å². The lowest BCUT2D eigenvalue weighted by molar-refractivity contribution is -0.108. The van der Waals surface area contributed by atoms with Gasteiger partial charge in [-0.05, 0) is 106 Å². The van der Waals surface area contributed by atoms with Crippen molar-refractivity contribution in [3.8, 4) is 11.4 Å². The van der Waals surface area contributed by atoms with Gasteiger partial charge in [0, 0.05) is 85.1 Å². The lowest BCUT2D eigenvalue weighted by Crippen LogP contribution is -2.47. The van der Waals surface area contributed by atoms with E-state index in [-0.39, 0.29) is 0 Å². The summed E-state index contributed by atoms with van der Waals surface area (Å²) in [5.74, 6) is 0.788. The van der Waals surface area contributed by atoms with Gasteiger partial charge in [0.15, 0.2) is 5.82 Å². The predicted octanol–water partition coefficient (Wildman–Crippen LogP) is 5.74. The van der Waals surface area contributed by atoms with Crippen LogP contribution >= 0.6 is 0 Å². The Hall–Kier alpha value is -4.76. The number of likely N-dealkylation sites (tertiary alicyclic amines) is 2. The van der Waals surface area contributed by atoms with Crippen molar-refractivity contribution in [2.24, 2.45) is 5.73 Å². The predicted molar refractivity (Wildman–Crippen MR) is 192 cm³/mol. The Morgan fingerprint density at radius 3 is 2.43 bits per heavy atom. The van der Waals surface area contributed by atoms with Crippen molar-refractivity contribution in [1.82, 2.24) is 25.1 Å². The molecule has 1 amide bonds. The van der Waals surface area contributed by atoms with Crippen molar-refractivity contribution < 1.29 is 4.79 Å². The van der Waals surface area contributed by atoms with Gasteiger partial charge in [0.2, 0.25) is 6.41 Å². The average Bonchev–Trinajstić information content (AvgIpc) is 3.87. The maximum atomic E-state index is 10.1. The Kier molecular flexibility index (Phi) is 11.9. The quantitative estimate of drug-likeness (QED) is 0.193. The van der Waals surface area contributed by atoms with E-state index in [4.69, 9.17) is 11.1 Å². The highest BCUT2D eigenvalue weighted by Crippen LogP contribution is 2.37. The molecule has 47 heavy (non-hydrogen) atoms. The lowest BCUT2D eigenvalue weighted by Gasteiger charge is -2.38. The van der Waals surface area contributed by atoms with Crippen LogP contribution in [0, 0.1) is 5.41 Å². The van der Waals surface area contributed by atoms with E-state index in [9.17, 15) is 4.79 Å². The number of anilines is 1. The first kappa shape index (κ1) is 33.6. The molecule has 0 radical (unpaired) electrons. The topological polar surface area (TPSA) is 114 Å². The Morgan fingerprint density at radius 1 is 1.04 bits per heavy atom. The van der Waals surface area contributed by atoms with Gasteiger partial charge in [-0.1, -0.05) is 30.9 Å². The summed E-state index contributed by atoms with van der Waals surface area (Å²) in [7, 11) is 0. The molecule has 2 aromatic rings. The van der Waals surface area contributed by atoms with E-state index >= 15 is 0 Å². The van der Waals surface area contributed by atoms with Crippen LogP contribution in [-0.4, -0.2) is 77.2 Å². The first-order chi connectivity index (χ1) is 22.9. The van der Waals surface area contributed by atoms with Crippen molar-refractivity contribution in [3.63, 3.8) is 0 Å².